The minimum absolute atomic E-state index is 0.278. The summed E-state index contributed by atoms with van der Waals surface area (Å²) in [5.41, 5.74) is 6.94. The van der Waals surface area contributed by atoms with Crippen LogP contribution in [0.1, 0.15) is 37.6 Å². The van der Waals surface area contributed by atoms with Gasteiger partial charge >= 0.3 is 0 Å². The smallest absolute Gasteiger partial charge is 0.292 e. The maximum Gasteiger partial charge on any atom is 0.292 e. The van der Waals surface area contributed by atoms with Gasteiger partial charge in [-0.2, -0.15) is 4.98 Å². The minimum Gasteiger partial charge on any atom is -0.429 e. The van der Waals surface area contributed by atoms with Crippen molar-refractivity contribution in [3.63, 3.8) is 0 Å². The summed E-state index contributed by atoms with van der Waals surface area (Å²) in [5, 5.41) is 3.20. The van der Waals surface area contributed by atoms with Crippen LogP contribution in [-0.2, 0) is 6.42 Å². The first-order valence-corrected chi connectivity index (χ1v) is 5.41. The van der Waals surface area contributed by atoms with Gasteiger partial charge in [0.1, 0.15) is 5.76 Å². The molecule has 0 radical (unpaired) electrons. The molecule has 1 unspecified atom stereocenters. The molecule has 0 spiro atoms. The number of hydrogen-bond donors (Lipinski definition) is 2. The number of aromatic nitrogens is 1. The van der Waals surface area contributed by atoms with Gasteiger partial charge in [-0.15, -0.1) is 0 Å². The molecule has 1 aromatic heterocycles. The van der Waals surface area contributed by atoms with Crippen molar-refractivity contribution in [1.82, 2.24) is 10.3 Å². The zero-order valence-corrected chi connectivity index (χ0v) is 9.63. The normalized spacial score (nSPS) is 23.8. The molecule has 0 aromatic carbocycles. The third-order valence-corrected chi connectivity index (χ3v) is 3.02. The van der Waals surface area contributed by atoms with Gasteiger partial charge in [0.2, 0.25) is 0 Å². The van der Waals surface area contributed by atoms with Crippen LogP contribution in [0, 0.1) is 5.41 Å². The fourth-order valence-corrected chi connectivity index (χ4v) is 2.51. The molecular weight excluding hydrogens is 190 g/mol. The Morgan fingerprint density at radius 3 is 3.00 bits per heavy atom. The van der Waals surface area contributed by atoms with Crippen LogP contribution in [0.5, 0.6) is 0 Å². The first-order chi connectivity index (χ1) is 7.02. The molecule has 1 aromatic rings. The van der Waals surface area contributed by atoms with E-state index in [1.807, 2.05) is 7.05 Å². The predicted octanol–water partition coefficient (Wildman–Crippen LogP) is 1.53. The summed E-state index contributed by atoms with van der Waals surface area (Å²) in [6.45, 7) is 5.46. The monoisotopic (exact) mass is 209 g/mol. The standard InChI is InChI=1S/C11H19N3O/c1-11(2)4-7(6-13-3)9-8(5-11)15-10(12)14-9/h7,13H,4-6H2,1-3H3,(H2,12,14). The van der Waals surface area contributed by atoms with Crippen molar-refractivity contribution in [3.8, 4) is 0 Å². The van der Waals surface area contributed by atoms with Crippen LogP contribution in [-0.4, -0.2) is 18.6 Å². The number of nitrogens with one attached hydrogen (secondary N) is 1. The highest BCUT2D eigenvalue weighted by molar-refractivity contribution is 5.27. The fourth-order valence-electron chi connectivity index (χ4n) is 2.51. The summed E-state index contributed by atoms with van der Waals surface area (Å²) in [4.78, 5) is 4.29. The molecule has 0 amide bonds. The molecule has 0 fully saturated rings. The second-order valence-corrected chi connectivity index (χ2v) is 5.16. The van der Waals surface area contributed by atoms with E-state index < -0.39 is 0 Å². The van der Waals surface area contributed by atoms with E-state index in [2.05, 4.69) is 24.1 Å². The van der Waals surface area contributed by atoms with Gasteiger partial charge in [-0.3, -0.25) is 0 Å². The van der Waals surface area contributed by atoms with E-state index in [1.54, 1.807) is 0 Å². The Labute approximate surface area is 90.2 Å². The number of nitrogen functional groups attached to an aromatic ring is 1. The maximum atomic E-state index is 5.61. The Morgan fingerprint density at radius 2 is 2.33 bits per heavy atom. The van der Waals surface area contributed by atoms with E-state index >= 15 is 0 Å². The van der Waals surface area contributed by atoms with Crippen molar-refractivity contribution in [1.29, 1.82) is 0 Å². The Balaban J connectivity index is 2.33. The maximum absolute atomic E-state index is 5.61. The van der Waals surface area contributed by atoms with E-state index in [1.165, 1.54) is 0 Å². The molecule has 4 heteroatoms. The van der Waals surface area contributed by atoms with Crippen molar-refractivity contribution in [2.75, 3.05) is 19.3 Å². The molecule has 1 heterocycles. The molecule has 1 aliphatic rings. The van der Waals surface area contributed by atoms with Crippen LogP contribution in [0.4, 0.5) is 6.01 Å². The lowest BCUT2D eigenvalue weighted by Gasteiger charge is -2.33. The second-order valence-electron chi connectivity index (χ2n) is 5.16. The van der Waals surface area contributed by atoms with Crippen LogP contribution in [0.25, 0.3) is 0 Å². The van der Waals surface area contributed by atoms with Crippen molar-refractivity contribution in [2.45, 2.75) is 32.6 Å². The molecule has 2 rings (SSSR count). The van der Waals surface area contributed by atoms with Crippen molar-refractivity contribution in [3.05, 3.63) is 11.5 Å². The third-order valence-electron chi connectivity index (χ3n) is 3.02. The lowest BCUT2D eigenvalue weighted by atomic mass is 9.73. The Bertz CT molecular complexity index is 357. The van der Waals surface area contributed by atoms with Crippen molar-refractivity contribution < 1.29 is 4.42 Å². The molecule has 4 nitrogen and oxygen atoms in total. The molecule has 3 N–H and O–H groups in total. The summed E-state index contributed by atoms with van der Waals surface area (Å²) in [6, 6.07) is 0.304. The molecule has 0 bridgehead atoms. The number of hydrogen-bond acceptors (Lipinski definition) is 4. The van der Waals surface area contributed by atoms with Gasteiger partial charge in [0.25, 0.3) is 6.01 Å². The zero-order chi connectivity index (χ0) is 11.1. The summed E-state index contributed by atoms with van der Waals surface area (Å²) in [6.07, 6.45) is 2.07. The molecule has 0 saturated heterocycles. The van der Waals surface area contributed by atoms with Gasteiger partial charge in [0, 0.05) is 18.9 Å². The number of likely N-dealkylation sites (N-methyl/N-ethyl adjacent to an activating group) is 1. The van der Waals surface area contributed by atoms with Crippen molar-refractivity contribution in [2.24, 2.45) is 5.41 Å². The van der Waals surface area contributed by atoms with E-state index in [9.17, 15) is 0 Å². The van der Waals surface area contributed by atoms with Gasteiger partial charge in [-0.25, -0.2) is 0 Å². The number of oxazole rings is 1. The highest BCUT2D eigenvalue weighted by Crippen LogP contribution is 2.41. The summed E-state index contributed by atoms with van der Waals surface area (Å²) < 4.78 is 5.46. The lowest BCUT2D eigenvalue weighted by molar-refractivity contribution is 0.252. The average Bonchev–Trinajstić information content (AvgIpc) is 2.44. The van der Waals surface area contributed by atoms with Gasteiger partial charge in [-0.1, -0.05) is 13.8 Å². The zero-order valence-electron chi connectivity index (χ0n) is 9.63. The quantitative estimate of drug-likeness (QED) is 0.775. The number of anilines is 1. The molecule has 84 valence electrons. The SMILES string of the molecule is CNCC1CC(C)(C)Cc2oc(N)nc21. The predicted molar refractivity (Wildman–Crippen MR) is 59.7 cm³/mol. The van der Waals surface area contributed by atoms with Crippen LogP contribution >= 0.6 is 0 Å². The second kappa shape index (κ2) is 3.52. The Hall–Kier alpha value is -1.03. The summed E-state index contributed by atoms with van der Waals surface area (Å²) in [7, 11) is 1.96. The molecule has 15 heavy (non-hydrogen) atoms. The Kier molecular flexibility index (Phi) is 2.46. The van der Waals surface area contributed by atoms with E-state index in [4.69, 9.17) is 10.2 Å². The van der Waals surface area contributed by atoms with E-state index in [0.717, 1.165) is 30.8 Å². The number of rotatable bonds is 2. The van der Waals surface area contributed by atoms with Gasteiger partial charge < -0.3 is 15.5 Å². The lowest BCUT2D eigenvalue weighted by Crippen LogP contribution is -2.30. The largest absolute Gasteiger partial charge is 0.429 e. The minimum atomic E-state index is 0.278. The van der Waals surface area contributed by atoms with Gasteiger partial charge in [-0.05, 0) is 18.9 Å². The van der Waals surface area contributed by atoms with Crippen LogP contribution in [0.15, 0.2) is 4.42 Å². The van der Waals surface area contributed by atoms with E-state index in [0.29, 0.717) is 11.9 Å². The molecular formula is C11H19N3O. The average molecular weight is 209 g/mol. The topological polar surface area (TPSA) is 64.1 Å². The molecule has 1 atom stereocenters. The highest BCUT2D eigenvalue weighted by Gasteiger charge is 2.35. The first-order valence-electron chi connectivity index (χ1n) is 5.41. The summed E-state index contributed by atoms with van der Waals surface area (Å²) >= 11 is 0. The van der Waals surface area contributed by atoms with Crippen LogP contribution < -0.4 is 11.1 Å². The number of nitrogens with two attached hydrogens (primary N) is 1. The third kappa shape index (κ3) is 2.00. The number of nitrogens with zero attached hydrogens (tertiary/aromatic N) is 1. The highest BCUT2D eigenvalue weighted by atomic mass is 16.4. The van der Waals surface area contributed by atoms with Gasteiger partial charge in [0.15, 0.2) is 0 Å². The number of fused-ring (bicyclic) bond motifs is 1. The summed E-state index contributed by atoms with van der Waals surface area (Å²) in [5.74, 6) is 1.40. The van der Waals surface area contributed by atoms with Crippen LogP contribution in [0.2, 0.25) is 0 Å². The fraction of sp³-hybridized carbons (Fsp3) is 0.727. The van der Waals surface area contributed by atoms with E-state index in [-0.39, 0.29) is 5.41 Å². The first kappa shape index (κ1) is 10.5. The van der Waals surface area contributed by atoms with Crippen LogP contribution in [0.3, 0.4) is 0 Å². The Morgan fingerprint density at radius 1 is 1.60 bits per heavy atom. The molecule has 0 aliphatic heterocycles. The van der Waals surface area contributed by atoms with Crippen molar-refractivity contribution >= 4 is 6.01 Å². The molecule has 1 aliphatic carbocycles. The molecule has 0 saturated carbocycles. The van der Waals surface area contributed by atoms with Gasteiger partial charge in [0.05, 0.1) is 5.69 Å².